The summed E-state index contributed by atoms with van der Waals surface area (Å²) in [5.74, 6) is 0.476. The van der Waals surface area contributed by atoms with Crippen molar-refractivity contribution in [3.8, 4) is 11.1 Å². The molecule has 0 radical (unpaired) electrons. The summed E-state index contributed by atoms with van der Waals surface area (Å²) in [6.45, 7) is 4.65. The second-order valence-electron chi connectivity index (χ2n) is 6.56. The van der Waals surface area contributed by atoms with Gasteiger partial charge in [0, 0.05) is 42.5 Å². The summed E-state index contributed by atoms with van der Waals surface area (Å²) in [6.07, 6.45) is 0. The van der Waals surface area contributed by atoms with Crippen LogP contribution in [0.1, 0.15) is 16.2 Å². The van der Waals surface area contributed by atoms with Crippen LogP contribution in [0.5, 0.6) is 0 Å². The van der Waals surface area contributed by atoms with E-state index in [1.54, 1.807) is 13.0 Å². The maximum absolute atomic E-state index is 13.1. The Morgan fingerprint density at radius 1 is 1.00 bits per heavy atom. The molecule has 2 aromatic carbocycles. The number of anilines is 1. The van der Waals surface area contributed by atoms with Gasteiger partial charge in [0.1, 0.15) is 5.76 Å². The Morgan fingerprint density at radius 3 is 2.37 bits per heavy atom. The molecule has 1 aliphatic rings. The van der Waals surface area contributed by atoms with E-state index in [0.717, 1.165) is 18.7 Å². The minimum absolute atomic E-state index is 0.116. The molecular formula is C21H20ClN3O2. The first-order valence-electron chi connectivity index (χ1n) is 8.95. The van der Waals surface area contributed by atoms with Crippen LogP contribution in [0.15, 0.2) is 59.1 Å². The number of aryl methyl sites for hydroxylation is 1. The minimum atomic E-state index is -0.116. The number of amides is 1. The topological polar surface area (TPSA) is 49.6 Å². The Labute approximate surface area is 163 Å². The van der Waals surface area contributed by atoms with Gasteiger partial charge < -0.3 is 14.3 Å². The average molecular weight is 382 g/mol. The summed E-state index contributed by atoms with van der Waals surface area (Å²) in [5.41, 5.74) is 2.95. The molecule has 0 bridgehead atoms. The molecule has 0 N–H and O–H groups in total. The van der Waals surface area contributed by atoms with Gasteiger partial charge >= 0.3 is 0 Å². The third-order valence-electron chi connectivity index (χ3n) is 4.90. The fourth-order valence-corrected chi connectivity index (χ4v) is 3.69. The quantitative estimate of drug-likeness (QED) is 0.680. The van der Waals surface area contributed by atoms with Gasteiger partial charge in [0.2, 0.25) is 0 Å². The van der Waals surface area contributed by atoms with Crippen molar-refractivity contribution in [3.63, 3.8) is 0 Å². The van der Waals surface area contributed by atoms with E-state index in [1.807, 2.05) is 41.3 Å². The SMILES string of the molecule is Cc1onc(C(=O)N2CCN(c3ccccc3)CC2)c1-c1ccccc1Cl. The second kappa shape index (κ2) is 7.45. The summed E-state index contributed by atoms with van der Waals surface area (Å²) in [4.78, 5) is 17.2. The van der Waals surface area contributed by atoms with Gasteiger partial charge in [-0.25, -0.2) is 0 Å². The molecular weight excluding hydrogens is 362 g/mol. The Balaban J connectivity index is 1.54. The Kier molecular flexibility index (Phi) is 4.86. The molecule has 0 saturated carbocycles. The molecule has 1 aromatic heterocycles. The van der Waals surface area contributed by atoms with E-state index in [-0.39, 0.29) is 5.91 Å². The number of hydrogen-bond donors (Lipinski definition) is 0. The maximum Gasteiger partial charge on any atom is 0.276 e. The van der Waals surface area contributed by atoms with Crippen LogP contribution in [0.2, 0.25) is 5.02 Å². The number of nitrogens with zero attached hydrogens (tertiary/aromatic N) is 3. The highest BCUT2D eigenvalue weighted by Crippen LogP contribution is 2.33. The van der Waals surface area contributed by atoms with Crippen LogP contribution < -0.4 is 4.90 Å². The van der Waals surface area contributed by atoms with Gasteiger partial charge in [-0.1, -0.05) is 53.2 Å². The predicted molar refractivity (Wildman–Crippen MR) is 106 cm³/mol. The van der Waals surface area contributed by atoms with E-state index in [2.05, 4.69) is 22.2 Å². The van der Waals surface area contributed by atoms with Crippen LogP contribution in [0.4, 0.5) is 5.69 Å². The molecule has 138 valence electrons. The first-order valence-corrected chi connectivity index (χ1v) is 9.33. The number of rotatable bonds is 3. The third-order valence-corrected chi connectivity index (χ3v) is 5.23. The number of carbonyl (C=O) groups is 1. The number of hydrogen-bond acceptors (Lipinski definition) is 4. The summed E-state index contributed by atoms with van der Waals surface area (Å²) in [7, 11) is 0. The lowest BCUT2D eigenvalue weighted by Gasteiger charge is -2.35. The number of para-hydroxylation sites is 1. The molecule has 0 atom stereocenters. The van der Waals surface area contributed by atoms with Gasteiger partial charge in [-0.3, -0.25) is 4.79 Å². The molecule has 1 aliphatic heterocycles. The van der Waals surface area contributed by atoms with Crippen molar-refractivity contribution in [1.82, 2.24) is 10.1 Å². The molecule has 2 heterocycles. The molecule has 1 saturated heterocycles. The zero-order valence-electron chi connectivity index (χ0n) is 15.1. The van der Waals surface area contributed by atoms with Crippen molar-refractivity contribution in [2.24, 2.45) is 0 Å². The van der Waals surface area contributed by atoms with Crippen molar-refractivity contribution >= 4 is 23.2 Å². The molecule has 3 aromatic rings. The molecule has 4 rings (SSSR count). The second-order valence-corrected chi connectivity index (χ2v) is 6.96. The summed E-state index contributed by atoms with van der Waals surface area (Å²) in [6, 6.07) is 17.7. The van der Waals surface area contributed by atoms with E-state index >= 15 is 0 Å². The van der Waals surface area contributed by atoms with Crippen molar-refractivity contribution in [3.05, 3.63) is 71.1 Å². The first-order chi connectivity index (χ1) is 13.1. The van der Waals surface area contributed by atoms with E-state index in [1.165, 1.54) is 5.69 Å². The number of halogens is 1. The van der Waals surface area contributed by atoms with Crippen LogP contribution in [0.3, 0.4) is 0 Å². The average Bonchev–Trinajstić information content (AvgIpc) is 3.10. The number of piperazine rings is 1. The fourth-order valence-electron chi connectivity index (χ4n) is 3.46. The van der Waals surface area contributed by atoms with Crippen molar-refractivity contribution in [2.75, 3.05) is 31.1 Å². The highest BCUT2D eigenvalue weighted by atomic mass is 35.5. The molecule has 0 spiro atoms. The highest BCUT2D eigenvalue weighted by Gasteiger charge is 2.29. The van der Waals surface area contributed by atoms with Gasteiger partial charge in [-0.05, 0) is 25.1 Å². The maximum atomic E-state index is 13.1. The van der Waals surface area contributed by atoms with Crippen LogP contribution in [-0.4, -0.2) is 42.1 Å². The summed E-state index contributed by atoms with van der Waals surface area (Å²) < 4.78 is 5.34. The lowest BCUT2D eigenvalue weighted by atomic mass is 10.0. The van der Waals surface area contributed by atoms with Gasteiger partial charge in [0.15, 0.2) is 5.69 Å². The van der Waals surface area contributed by atoms with Crippen LogP contribution in [0.25, 0.3) is 11.1 Å². The molecule has 1 fully saturated rings. The van der Waals surface area contributed by atoms with Crippen LogP contribution in [0, 0.1) is 6.92 Å². The number of benzene rings is 2. The lowest BCUT2D eigenvalue weighted by Crippen LogP contribution is -2.49. The molecule has 6 heteroatoms. The van der Waals surface area contributed by atoms with Gasteiger partial charge in [-0.2, -0.15) is 0 Å². The molecule has 1 amide bonds. The predicted octanol–water partition coefficient (Wildman–Crippen LogP) is 4.27. The Bertz CT molecular complexity index is 947. The molecule has 0 unspecified atom stereocenters. The highest BCUT2D eigenvalue weighted by molar-refractivity contribution is 6.33. The van der Waals surface area contributed by atoms with Crippen LogP contribution in [-0.2, 0) is 0 Å². The van der Waals surface area contributed by atoms with Crippen molar-refractivity contribution < 1.29 is 9.32 Å². The molecule has 0 aliphatic carbocycles. The van der Waals surface area contributed by atoms with Gasteiger partial charge in [-0.15, -0.1) is 0 Å². The van der Waals surface area contributed by atoms with Gasteiger partial charge in [0.25, 0.3) is 5.91 Å². The number of aromatic nitrogens is 1. The third kappa shape index (κ3) is 3.43. The smallest absolute Gasteiger partial charge is 0.276 e. The standard InChI is InChI=1S/C21H20ClN3O2/c1-15-19(17-9-5-6-10-18(17)22)20(23-27-15)21(26)25-13-11-24(12-14-25)16-7-3-2-4-8-16/h2-10H,11-14H2,1H3. The Hall–Kier alpha value is -2.79. The van der Waals surface area contributed by atoms with Crippen molar-refractivity contribution in [2.45, 2.75) is 6.92 Å². The number of carbonyl (C=O) groups excluding carboxylic acids is 1. The summed E-state index contributed by atoms with van der Waals surface area (Å²) >= 11 is 6.34. The van der Waals surface area contributed by atoms with E-state index in [0.29, 0.717) is 35.1 Å². The normalized spacial score (nSPS) is 14.4. The zero-order valence-corrected chi connectivity index (χ0v) is 15.8. The van der Waals surface area contributed by atoms with E-state index in [9.17, 15) is 4.79 Å². The van der Waals surface area contributed by atoms with Crippen molar-refractivity contribution in [1.29, 1.82) is 0 Å². The largest absolute Gasteiger partial charge is 0.368 e. The molecule has 5 nitrogen and oxygen atoms in total. The van der Waals surface area contributed by atoms with Crippen LogP contribution >= 0.6 is 11.6 Å². The van der Waals surface area contributed by atoms with Gasteiger partial charge in [0.05, 0.1) is 5.56 Å². The fraction of sp³-hybridized carbons (Fsp3) is 0.238. The monoisotopic (exact) mass is 381 g/mol. The minimum Gasteiger partial charge on any atom is -0.368 e. The first kappa shape index (κ1) is 17.6. The summed E-state index contributed by atoms with van der Waals surface area (Å²) in [5, 5.41) is 4.62. The zero-order chi connectivity index (χ0) is 18.8. The van der Waals surface area contributed by atoms with E-state index in [4.69, 9.17) is 16.1 Å². The van der Waals surface area contributed by atoms with E-state index < -0.39 is 0 Å². The Morgan fingerprint density at radius 2 is 1.67 bits per heavy atom. The molecule has 27 heavy (non-hydrogen) atoms. The lowest BCUT2D eigenvalue weighted by molar-refractivity contribution is 0.0737.